The number of anilines is 1. The zero-order chi connectivity index (χ0) is 14.0. The van der Waals surface area contributed by atoms with Crippen LogP contribution in [0.3, 0.4) is 0 Å². The van der Waals surface area contributed by atoms with Crippen molar-refractivity contribution in [2.24, 2.45) is 0 Å². The van der Waals surface area contributed by atoms with Gasteiger partial charge in [-0.05, 0) is 33.8 Å². The maximum atomic E-state index is 12.1. The summed E-state index contributed by atoms with van der Waals surface area (Å²) in [5.41, 5.74) is 1.52. The number of pyridine rings is 1. The Morgan fingerprint density at radius 1 is 1.42 bits per heavy atom. The van der Waals surface area contributed by atoms with E-state index in [1.807, 2.05) is 39.8 Å². The standard InChI is InChI=1S/C14H21N3O2/c1-10-5-6-11-9-17(8-7-15-12(11)16-10)13(18)19-14(2,3)4/h5-6H,7-9H2,1-4H3,(H,15,16). The second-order valence-corrected chi connectivity index (χ2v) is 5.79. The molecule has 19 heavy (non-hydrogen) atoms. The number of rotatable bonds is 0. The highest BCUT2D eigenvalue weighted by molar-refractivity contribution is 5.69. The normalized spacial score (nSPS) is 15.3. The van der Waals surface area contributed by atoms with Crippen LogP contribution in [0.15, 0.2) is 12.1 Å². The summed E-state index contributed by atoms with van der Waals surface area (Å²) in [4.78, 5) is 18.3. The van der Waals surface area contributed by atoms with Gasteiger partial charge in [0.05, 0.1) is 6.54 Å². The summed E-state index contributed by atoms with van der Waals surface area (Å²) in [6.45, 7) is 9.41. The number of ether oxygens (including phenoxy) is 1. The first-order valence-electron chi connectivity index (χ1n) is 6.53. The zero-order valence-electron chi connectivity index (χ0n) is 12.0. The molecule has 1 amide bonds. The minimum absolute atomic E-state index is 0.275. The molecule has 5 nitrogen and oxygen atoms in total. The maximum Gasteiger partial charge on any atom is 0.410 e. The maximum absolute atomic E-state index is 12.1. The molecule has 5 heteroatoms. The second-order valence-electron chi connectivity index (χ2n) is 5.79. The van der Waals surface area contributed by atoms with Crippen molar-refractivity contribution in [2.45, 2.75) is 39.8 Å². The molecule has 2 rings (SSSR count). The fourth-order valence-electron chi connectivity index (χ4n) is 1.94. The monoisotopic (exact) mass is 263 g/mol. The quantitative estimate of drug-likeness (QED) is 0.781. The van der Waals surface area contributed by atoms with Gasteiger partial charge in [0.2, 0.25) is 0 Å². The van der Waals surface area contributed by atoms with Gasteiger partial charge in [-0.2, -0.15) is 0 Å². The molecule has 2 heterocycles. The second kappa shape index (κ2) is 5.07. The highest BCUT2D eigenvalue weighted by Gasteiger charge is 2.24. The molecule has 104 valence electrons. The average molecular weight is 263 g/mol. The van der Waals surface area contributed by atoms with Crippen molar-refractivity contribution in [3.8, 4) is 0 Å². The molecule has 1 aliphatic rings. The van der Waals surface area contributed by atoms with Crippen molar-refractivity contribution in [1.82, 2.24) is 9.88 Å². The van der Waals surface area contributed by atoms with E-state index >= 15 is 0 Å². The molecule has 0 saturated carbocycles. The number of hydrogen-bond acceptors (Lipinski definition) is 4. The van der Waals surface area contributed by atoms with Crippen molar-refractivity contribution in [3.63, 3.8) is 0 Å². The molecule has 1 aromatic heterocycles. The lowest BCUT2D eigenvalue weighted by molar-refractivity contribution is 0.0245. The summed E-state index contributed by atoms with van der Waals surface area (Å²) in [6, 6.07) is 3.96. The molecule has 0 radical (unpaired) electrons. The highest BCUT2D eigenvalue weighted by atomic mass is 16.6. The van der Waals surface area contributed by atoms with Crippen molar-refractivity contribution in [3.05, 3.63) is 23.4 Å². The summed E-state index contributed by atoms with van der Waals surface area (Å²) in [7, 11) is 0. The van der Waals surface area contributed by atoms with E-state index in [0.717, 1.165) is 17.1 Å². The number of aromatic nitrogens is 1. The fraction of sp³-hybridized carbons (Fsp3) is 0.571. The first-order valence-corrected chi connectivity index (χ1v) is 6.53. The smallest absolute Gasteiger partial charge is 0.410 e. The molecule has 0 aromatic carbocycles. The van der Waals surface area contributed by atoms with Gasteiger partial charge in [0.1, 0.15) is 11.4 Å². The number of hydrogen-bond donors (Lipinski definition) is 1. The molecule has 0 spiro atoms. The topological polar surface area (TPSA) is 54.5 Å². The Morgan fingerprint density at radius 3 is 2.84 bits per heavy atom. The summed E-state index contributed by atoms with van der Waals surface area (Å²) in [5.74, 6) is 0.867. The van der Waals surface area contributed by atoms with Gasteiger partial charge in [0.25, 0.3) is 0 Å². The summed E-state index contributed by atoms with van der Waals surface area (Å²) >= 11 is 0. The minimum atomic E-state index is -0.467. The number of fused-ring (bicyclic) bond motifs is 1. The van der Waals surface area contributed by atoms with E-state index in [1.165, 1.54) is 0 Å². The number of aryl methyl sites for hydroxylation is 1. The van der Waals surface area contributed by atoms with Crippen molar-refractivity contribution < 1.29 is 9.53 Å². The molecule has 1 N–H and O–H groups in total. The lowest BCUT2D eigenvalue weighted by atomic mass is 10.2. The largest absolute Gasteiger partial charge is 0.444 e. The molecule has 1 aromatic rings. The van der Waals surface area contributed by atoms with Crippen LogP contribution >= 0.6 is 0 Å². The van der Waals surface area contributed by atoms with Crippen molar-refractivity contribution in [1.29, 1.82) is 0 Å². The third-order valence-corrected chi connectivity index (χ3v) is 2.81. The van der Waals surface area contributed by atoms with Crippen LogP contribution in [0.4, 0.5) is 10.6 Å². The van der Waals surface area contributed by atoms with Crippen LogP contribution in [0.5, 0.6) is 0 Å². The van der Waals surface area contributed by atoms with Crippen LogP contribution in [-0.4, -0.2) is 34.7 Å². The number of nitrogens with zero attached hydrogens (tertiary/aromatic N) is 2. The van der Waals surface area contributed by atoms with Gasteiger partial charge >= 0.3 is 6.09 Å². The van der Waals surface area contributed by atoms with Gasteiger partial charge in [0.15, 0.2) is 0 Å². The minimum Gasteiger partial charge on any atom is -0.444 e. The Bertz CT molecular complexity index is 480. The third kappa shape index (κ3) is 3.59. The molecule has 0 fully saturated rings. The first kappa shape index (κ1) is 13.6. The first-order chi connectivity index (χ1) is 8.85. The van der Waals surface area contributed by atoms with Crippen LogP contribution < -0.4 is 5.32 Å². The molecule has 0 saturated heterocycles. The van der Waals surface area contributed by atoms with Crippen molar-refractivity contribution in [2.75, 3.05) is 18.4 Å². The SMILES string of the molecule is Cc1ccc2c(n1)NCCN(C(=O)OC(C)(C)C)C2. The molecular weight excluding hydrogens is 242 g/mol. The molecule has 0 bridgehead atoms. The lowest BCUT2D eigenvalue weighted by Gasteiger charge is -2.26. The van der Waals surface area contributed by atoms with Gasteiger partial charge in [-0.1, -0.05) is 6.07 Å². The molecule has 0 aliphatic carbocycles. The number of amides is 1. The van der Waals surface area contributed by atoms with Gasteiger partial charge in [-0.15, -0.1) is 0 Å². The lowest BCUT2D eigenvalue weighted by Crippen LogP contribution is -2.37. The Labute approximate surface area is 114 Å². The Kier molecular flexibility index (Phi) is 3.64. The number of carbonyl (C=O) groups is 1. The summed E-state index contributed by atoms with van der Waals surface area (Å²) in [6.07, 6.45) is -0.275. The highest BCUT2D eigenvalue weighted by Crippen LogP contribution is 2.20. The van der Waals surface area contributed by atoms with E-state index in [9.17, 15) is 4.79 Å². The van der Waals surface area contributed by atoms with Crippen LogP contribution in [0.1, 0.15) is 32.0 Å². The van der Waals surface area contributed by atoms with E-state index < -0.39 is 5.60 Å². The van der Waals surface area contributed by atoms with Gasteiger partial charge in [0, 0.05) is 24.3 Å². The summed E-state index contributed by atoms with van der Waals surface area (Å²) in [5, 5.41) is 3.25. The Balaban J connectivity index is 2.13. The number of nitrogens with one attached hydrogen (secondary N) is 1. The van der Waals surface area contributed by atoms with Crippen LogP contribution in [0, 0.1) is 6.92 Å². The van der Waals surface area contributed by atoms with Gasteiger partial charge in [-0.25, -0.2) is 9.78 Å². The molecular formula is C14H21N3O2. The fourth-order valence-corrected chi connectivity index (χ4v) is 1.94. The molecule has 1 aliphatic heterocycles. The van der Waals surface area contributed by atoms with Crippen molar-refractivity contribution >= 4 is 11.9 Å². The Hall–Kier alpha value is -1.78. The van der Waals surface area contributed by atoms with Crippen LogP contribution in [-0.2, 0) is 11.3 Å². The molecule has 0 atom stereocenters. The van der Waals surface area contributed by atoms with Crippen LogP contribution in [0.2, 0.25) is 0 Å². The molecule has 0 unspecified atom stereocenters. The van der Waals surface area contributed by atoms with E-state index in [-0.39, 0.29) is 6.09 Å². The predicted octanol–water partition coefficient (Wildman–Crippen LogP) is 2.55. The van der Waals surface area contributed by atoms with E-state index in [4.69, 9.17) is 4.74 Å². The number of carbonyl (C=O) groups excluding carboxylic acids is 1. The third-order valence-electron chi connectivity index (χ3n) is 2.81. The summed E-state index contributed by atoms with van der Waals surface area (Å²) < 4.78 is 5.41. The zero-order valence-corrected chi connectivity index (χ0v) is 12.0. The van der Waals surface area contributed by atoms with E-state index in [1.54, 1.807) is 4.90 Å². The van der Waals surface area contributed by atoms with Gasteiger partial charge < -0.3 is 15.0 Å². The Morgan fingerprint density at radius 2 is 2.16 bits per heavy atom. The average Bonchev–Trinajstić information content (AvgIpc) is 2.48. The predicted molar refractivity (Wildman–Crippen MR) is 74.1 cm³/mol. The van der Waals surface area contributed by atoms with Gasteiger partial charge in [-0.3, -0.25) is 0 Å². The van der Waals surface area contributed by atoms with E-state index in [2.05, 4.69) is 10.3 Å². The van der Waals surface area contributed by atoms with E-state index in [0.29, 0.717) is 19.6 Å². The van der Waals surface area contributed by atoms with Crippen LogP contribution in [0.25, 0.3) is 0 Å².